The molecule has 0 amide bonds. The Labute approximate surface area is 110 Å². The van der Waals surface area contributed by atoms with Crippen LogP contribution in [0.25, 0.3) is 22.2 Å². The van der Waals surface area contributed by atoms with E-state index in [0.717, 1.165) is 29.3 Å². The van der Waals surface area contributed by atoms with E-state index in [1.54, 1.807) is 11.3 Å². The second-order valence-corrected chi connectivity index (χ2v) is 5.10. The molecule has 18 heavy (non-hydrogen) atoms. The van der Waals surface area contributed by atoms with E-state index in [4.69, 9.17) is 0 Å². The molecule has 0 saturated carbocycles. The van der Waals surface area contributed by atoms with E-state index in [0.29, 0.717) is 0 Å². The molecule has 4 heteroatoms. The lowest BCUT2D eigenvalue weighted by atomic mass is 10.1. The minimum Gasteiger partial charge on any atom is -0.360 e. The molecule has 0 fully saturated rings. The van der Waals surface area contributed by atoms with Crippen molar-refractivity contribution in [2.24, 2.45) is 0 Å². The van der Waals surface area contributed by atoms with Gasteiger partial charge in [-0.3, -0.25) is 0 Å². The molecule has 0 atom stereocenters. The van der Waals surface area contributed by atoms with Crippen LogP contribution in [-0.4, -0.2) is 16.5 Å². The zero-order valence-electron chi connectivity index (χ0n) is 10.2. The Morgan fingerprint density at radius 2 is 2.22 bits per heavy atom. The van der Waals surface area contributed by atoms with Gasteiger partial charge < -0.3 is 10.3 Å². The largest absolute Gasteiger partial charge is 0.360 e. The van der Waals surface area contributed by atoms with Crippen molar-refractivity contribution in [3.8, 4) is 11.3 Å². The molecule has 3 aromatic rings. The Bertz CT molecular complexity index is 654. The van der Waals surface area contributed by atoms with E-state index in [1.165, 1.54) is 10.9 Å². The topological polar surface area (TPSA) is 40.7 Å². The lowest BCUT2D eigenvalue weighted by Gasteiger charge is -1.96. The van der Waals surface area contributed by atoms with Crippen LogP contribution in [0.1, 0.15) is 11.9 Å². The normalized spacial score (nSPS) is 11.2. The molecule has 0 aliphatic heterocycles. The highest BCUT2D eigenvalue weighted by Crippen LogP contribution is 2.29. The number of nitrogens with one attached hydrogen (secondary N) is 2. The number of aromatic nitrogens is 2. The lowest BCUT2D eigenvalue weighted by molar-refractivity contribution is 0.723. The van der Waals surface area contributed by atoms with Crippen LogP contribution in [0, 0.1) is 0 Å². The molecular formula is C14H15N3S. The average Bonchev–Trinajstić information content (AvgIpc) is 3.02. The van der Waals surface area contributed by atoms with Gasteiger partial charge in [0, 0.05) is 34.6 Å². The van der Waals surface area contributed by atoms with Crippen molar-refractivity contribution in [3.63, 3.8) is 0 Å². The minimum absolute atomic E-state index is 0.851. The van der Waals surface area contributed by atoms with E-state index < -0.39 is 0 Å². The summed E-state index contributed by atoms with van der Waals surface area (Å²) < 4.78 is 0. The molecule has 2 N–H and O–H groups in total. The van der Waals surface area contributed by atoms with Gasteiger partial charge in [-0.25, -0.2) is 4.98 Å². The molecule has 3 nitrogen and oxygen atoms in total. The van der Waals surface area contributed by atoms with Crippen LogP contribution in [0.5, 0.6) is 0 Å². The van der Waals surface area contributed by atoms with Gasteiger partial charge in [-0.2, -0.15) is 0 Å². The Hall–Kier alpha value is -1.65. The van der Waals surface area contributed by atoms with Crippen molar-refractivity contribution in [2.45, 2.75) is 13.5 Å². The summed E-state index contributed by atoms with van der Waals surface area (Å²) in [5, 5.41) is 7.80. The molecule has 0 saturated heterocycles. The number of nitrogens with zero attached hydrogens (tertiary/aromatic N) is 1. The maximum atomic E-state index is 4.68. The molecule has 3 rings (SSSR count). The Kier molecular flexibility index (Phi) is 3.13. The van der Waals surface area contributed by atoms with Gasteiger partial charge in [-0.15, -0.1) is 11.3 Å². The summed E-state index contributed by atoms with van der Waals surface area (Å²) in [5.74, 6) is 0. The summed E-state index contributed by atoms with van der Waals surface area (Å²) in [6.45, 7) is 3.93. The predicted octanol–water partition coefficient (Wildman–Crippen LogP) is 3.40. The molecule has 0 aliphatic rings. The number of thiazole rings is 1. The molecule has 0 radical (unpaired) electrons. The first-order chi connectivity index (χ1) is 8.88. The van der Waals surface area contributed by atoms with E-state index in [-0.39, 0.29) is 0 Å². The Morgan fingerprint density at radius 3 is 3.11 bits per heavy atom. The summed E-state index contributed by atoms with van der Waals surface area (Å²) in [6.07, 6.45) is 2.04. The summed E-state index contributed by atoms with van der Waals surface area (Å²) in [7, 11) is 0. The first kappa shape index (κ1) is 11.4. The third-order valence-corrected chi connectivity index (χ3v) is 3.79. The second-order valence-electron chi connectivity index (χ2n) is 4.15. The van der Waals surface area contributed by atoms with E-state index >= 15 is 0 Å². The predicted molar refractivity (Wildman–Crippen MR) is 76.8 cm³/mol. The van der Waals surface area contributed by atoms with Crippen LogP contribution in [0.3, 0.4) is 0 Å². The van der Waals surface area contributed by atoms with Crippen molar-refractivity contribution in [1.29, 1.82) is 0 Å². The Morgan fingerprint density at radius 1 is 1.33 bits per heavy atom. The standard InChI is InChI=1S/C14H15N3S/c1-2-15-8-14-17-13(9-18-14)11-7-16-12-6-4-3-5-10(11)12/h3-7,9,15-16H,2,8H2,1H3. The Balaban J connectivity index is 1.96. The fourth-order valence-electron chi connectivity index (χ4n) is 2.03. The fraction of sp³-hybridized carbons (Fsp3) is 0.214. The van der Waals surface area contributed by atoms with Gasteiger partial charge in [-0.1, -0.05) is 25.1 Å². The van der Waals surface area contributed by atoms with E-state index in [2.05, 4.69) is 45.8 Å². The third kappa shape index (κ3) is 2.05. The summed E-state index contributed by atoms with van der Waals surface area (Å²) in [6, 6.07) is 8.32. The van der Waals surface area contributed by atoms with Gasteiger partial charge in [0.25, 0.3) is 0 Å². The van der Waals surface area contributed by atoms with Gasteiger partial charge >= 0.3 is 0 Å². The molecule has 0 aliphatic carbocycles. The number of benzene rings is 1. The van der Waals surface area contributed by atoms with Crippen LogP contribution in [-0.2, 0) is 6.54 Å². The number of hydrogen-bond donors (Lipinski definition) is 2. The van der Waals surface area contributed by atoms with Crippen molar-refractivity contribution in [3.05, 3.63) is 40.8 Å². The van der Waals surface area contributed by atoms with Crippen LogP contribution in [0.2, 0.25) is 0 Å². The number of rotatable bonds is 4. The molecule has 0 bridgehead atoms. The minimum atomic E-state index is 0.851. The van der Waals surface area contributed by atoms with Crippen LogP contribution < -0.4 is 5.32 Å². The molecule has 1 aromatic carbocycles. The maximum Gasteiger partial charge on any atom is 0.107 e. The monoisotopic (exact) mass is 257 g/mol. The smallest absolute Gasteiger partial charge is 0.107 e. The van der Waals surface area contributed by atoms with Gasteiger partial charge in [0.05, 0.1) is 5.69 Å². The van der Waals surface area contributed by atoms with Gasteiger partial charge in [0.15, 0.2) is 0 Å². The SMILES string of the molecule is CCNCc1nc(-c2c[nH]c3ccccc23)cs1. The molecule has 0 unspecified atom stereocenters. The fourth-order valence-corrected chi connectivity index (χ4v) is 2.79. The van der Waals surface area contributed by atoms with Crippen molar-refractivity contribution < 1.29 is 0 Å². The van der Waals surface area contributed by atoms with Gasteiger partial charge in [-0.05, 0) is 12.6 Å². The molecule has 2 aromatic heterocycles. The van der Waals surface area contributed by atoms with Gasteiger partial charge in [0.1, 0.15) is 5.01 Å². The molecular weight excluding hydrogens is 242 g/mol. The third-order valence-electron chi connectivity index (χ3n) is 2.94. The zero-order valence-corrected chi connectivity index (χ0v) is 11.1. The number of fused-ring (bicyclic) bond motifs is 1. The highest BCUT2D eigenvalue weighted by molar-refractivity contribution is 7.09. The number of para-hydroxylation sites is 1. The first-order valence-corrected chi connectivity index (χ1v) is 6.98. The zero-order chi connectivity index (χ0) is 12.4. The van der Waals surface area contributed by atoms with Gasteiger partial charge in [0.2, 0.25) is 0 Å². The van der Waals surface area contributed by atoms with Crippen LogP contribution in [0.15, 0.2) is 35.8 Å². The number of hydrogen-bond acceptors (Lipinski definition) is 3. The summed E-state index contributed by atoms with van der Waals surface area (Å²) in [5.41, 5.74) is 3.41. The second kappa shape index (κ2) is 4.92. The summed E-state index contributed by atoms with van der Waals surface area (Å²) >= 11 is 1.71. The highest BCUT2D eigenvalue weighted by Gasteiger charge is 2.09. The van der Waals surface area contributed by atoms with E-state index in [1.807, 2.05) is 12.3 Å². The maximum absolute atomic E-state index is 4.68. The van der Waals surface area contributed by atoms with Crippen molar-refractivity contribution in [2.75, 3.05) is 6.54 Å². The summed E-state index contributed by atoms with van der Waals surface area (Å²) in [4.78, 5) is 7.96. The van der Waals surface area contributed by atoms with Crippen LogP contribution in [0.4, 0.5) is 0 Å². The average molecular weight is 257 g/mol. The molecule has 2 heterocycles. The first-order valence-electron chi connectivity index (χ1n) is 6.10. The van der Waals surface area contributed by atoms with Crippen molar-refractivity contribution >= 4 is 22.2 Å². The van der Waals surface area contributed by atoms with E-state index in [9.17, 15) is 0 Å². The lowest BCUT2D eigenvalue weighted by Crippen LogP contribution is -2.11. The van der Waals surface area contributed by atoms with Crippen molar-refractivity contribution in [1.82, 2.24) is 15.3 Å². The highest BCUT2D eigenvalue weighted by atomic mass is 32.1. The number of aromatic amines is 1. The van der Waals surface area contributed by atoms with Crippen LogP contribution >= 0.6 is 11.3 Å². The number of H-pyrrole nitrogens is 1. The quantitative estimate of drug-likeness (QED) is 0.752. The molecule has 0 spiro atoms. The molecule has 92 valence electrons.